The number of nitrogens with zero attached hydrogens (tertiary/aromatic N) is 1. The average molecular weight is 264 g/mol. The van der Waals surface area contributed by atoms with Gasteiger partial charge >= 0.3 is 0 Å². The quantitative estimate of drug-likeness (QED) is 0.669. The fraction of sp³-hybridized carbons (Fsp3) is 0.278. The van der Waals surface area contributed by atoms with Crippen LogP contribution >= 0.6 is 0 Å². The highest BCUT2D eigenvalue weighted by atomic mass is 14.9. The minimum absolute atomic E-state index is 0.184. The highest BCUT2D eigenvalue weighted by Gasteiger charge is 2.13. The van der Waals surface area contributed by atoms with E-state index in [1.54, 1.807) is 0 Å². The number of hydrogen-bond donors (Lipinski definition) is 1. The number of rotatable bonds is 1. The zero-order valence-corrected chi connectivity index (χ0v) is 12.5. The van der Waals surface area contributed by atoms with Crippen molar-refractivity contribution in [2.75, 3.05) is 0 Å². The Labute approximate surface area is 119 Å². The van der Waals surface area contributed by atoms with Gasteiger partial charge in [0.15, 0.2) is 0 Å². The number of fused-ring (bicyclic) bond motifs is 1. The van der Waals surface area contributed by atoms with Gasteiger partial charge in [0.05, 0.1) is 11.0 Å². The lowest BCUT2D eigenvalue weighted by atomic mass is 9.87. The number of H-pyrrole nitrogens is 1. The number of aromatic amines is 1. The molecule has 0 saturated heterocycles. The van der Waals surface area contributed by atoms with Crippen LogP contribution in [0.3, 0.4) is 0 Å². The molecule has 1 heterocycles. The molecule has 0 aliphatic carbocycles. The first-order chi connectivity index (χ1) is 9.43. The third kappa shape index (κ3) is 2.34. The summed E-state index contributed by atoms with van der Waals surface area (Å²) in [5, 5.41) is 0. The van der Waals surface area contributed by atoms with Gasteiger partial charge in [-0.15, -0.1) is 0 Å². The van der Waals surface area contributed by atoms with Crippen molar-refractivity contribution in [1.82, 2.24) is 9.97 Å². The van der Waals surface area contributed by atoms with Gasteiger partial charge in [-0.1, -0.05) is 51.1 Å². The number of imidazole rings is 1. The van der Waals surface area contributed by atoms with Crippen LogP contribution < -0.4 is 0 Å². The Morgan fingerprint density at radius 3 is 2.30 bits per heavy atom. The van der Waals surface area contributed by atoms with E-state index < -0.39 is 0 Å². The maximum absolute atomic E-state index is 4.68. The fourth-order valence-electron chi connectivity index (χ4n) is 2.38. The lowest BCUT2D eigenvalue weighted by molar-refractivity contribution is 0.590. The molecule has 0 amide bonds. The van der Waals surface area contributed by atoms with Gasteiger partial charge in [-0.3, -0.25) is 0 Å². The van der Waals surface area contributed by atoms with Crippen LogP contribution in [-0.2, 0) is 5.41 Å². The molecule has 0 radical (unpaired) electrons. The molecule has 0 atom stereocenters. The Kier molecular flexibility index (Phi) is 2.89. The number of aromatic nitrogens is 2. The van der Waals surface area contributed by atoms with E-state index in [-0.39, 0.29) is 5.41 Å². The van der Waals surface area contributed by atoms with Crippen molar-refractivity contribution in [2.24, 2.45) is 0 Å². The van der Waals surface area contributed by atoms with Crippen molar-refractivity contribution in [3.05, 3.63) is 53.6 Å². The van der Waals surface area contributed by atoms with Gasteiger partial charge < -0.3 is 4.98 Å². The fourth-order valence-corrected chi connectivity index (χ4v) is 2.38. The summed E-state index contributed by atoms with van der Waals surface area (Å²) in [5.74, 6) is 0.936. The molecule has 3 aromatic rings. The molecule has 0 spiro atoms. The Balaban J connectivity index is 2.02. The smallest absolute Gasteiger partial charge is 0.138 e. The highest BCUT2D eigenvalue weighted by Crippen LogP contribution is 2.26. The molecule has 0 saturated carbocycles. The molecule has 2 aromatic carbocycles. The van der Waals surface area contributed by atoms with Crippen LogP contribution in [-0.4, -0.2) is 9.97 Å². The van der Waals surface area contributed by atoms with Gasteiger partial charge in [-0.2, -0.15) is 0 Å². The van der Waals surface area contributed by atoms with Crippen molar-refractivity contribution in [3.63, 3.8) is 0 Å². The Hall–Kier alpha value is -2.09. The topological polar surface area (TPSA) is 28.7 Å². The normalized spacial score (nSPS) is 12.0. The minimum atomic E-state index is 0.184. The van der Waals surface area contributed by atoms with Crippen LogP contribution in [0.15, 0.2) is 42.5 Å². The first kappa shape index (κ1) is 12.9. The second-order valence-corrected chi connectivity index (χ2v) is 6.43. The summed E-state index contributed by atoms with van der Waals surface area (Å²) >= 11 is 0. The standard InChI is InChI=1S/C18H20N2/c1-12-5-10-15-16(11-12)20-17(19-15)13-6-8-14(9-7-13)18(2,3)4/h5-11H,1-4H3,(H,19,20). The van der Waals surface area contributed by atoms with Crippen LogP contribution in [0, 0.1) is 6.92 Å². The Morgan fingerprint density at radius 2 is 1.65 bits per heavy atom. The second-order valence-electron chi connectivity index (χ2n) is 6.43. The van der Waals surface area contributed by atoms with Crippen molar-refractivity contribution >= 4 is 11.0 Å². The summed E-state index contributed by atoms with van der Waals surface area (Å²) < 4.78 is 0. The zero-order valence-electron chi connectivity index (χ0n) is 12.5. The summed E-state index contributed by atoms with van der Waals surface area (Å²) in [6.07, 6.45) is 0. The number of aryl methyl sites for hydroxylation is 1. The first-order valence-electron chi connectivity index (χ1n) is 7.01. The van der Waals surface area contributed by atoms with Gasteiger partial charge in [-0.05, 0) is 35.6 Å². The molecule has 1 N–H and O–H groups in total. The molecule has 0 bridgehead atoms. The third-order valence-electron chi connectivity index (χ3n) is 3.66. The lowest BCUT2D eigenvalue weighted by Gasteiger charge is -2.18. The molecular weight excluding hydrogens is 244 g/mol. The number of benzene rings is 2. The van der Waals surface area contributed by atoms with Crippen LogP contribution in [0.2, 0.25) is 0 Å². The molecule has 2 heteroatoms. The average Bonchev–Trinajstić information content (AvgIpc) is 2.80. The van der Waals surface area contributed by atoms with Crippen LogP contribution in [0.25, 0.3) is 22.4 Å². The molecule has 0 aliphatic heterocycles. The summed E-state index contributed by atoms with van der Waals surface area (Å²) in [5.41, 5.74) is 6.01. The predicted octanol–water partition coefficient (Wildman–Crippen LogP) is 4.84. The maximum Gasteiger partial charge on any atom is 0.138 e. The maximum atomic E-state index is 4.68. The number of hydrogen-bond acceptors (Lipinski definition) is 1. The van der Waals surface area contributed by atoms with Gasteiger partial charge in [0.25, 0.3) is 0 Å². The van der Waals surface area contributed by atoms with E-state index in [9.17, 15) is 0 Å². The predicted molar refractivity (Wildman–Crippen MR) is 85.0 cm³/mol. The summed E-state index contributed by atoms with van der Waals surface area (Å²) in [7, 11) is 0. The third-order valence-corrected chi connectivity index (χ3v) is 3.66. The Bertz CT molecular complexity index is 743. The van der Waals surface area contributed by atoms with E-state index in [1.165, 1.54) is 11.1 Å². The monoisotopic (exact) mass is 264 g/mol. The van der Waals surface area contributed by atoms with Crippen LogP contribution in [0.5, 0.6) is 0 Å². The SMILES string of the molecule is Cc1ccc2[nH]c(-c3ccc(C(C)(C)C)cc3)nc2c1. The molecule has 0 aliphatic rings. The lowest BCUT2D eigenvalue weighted by Crippen LogP contribution is -2.10. The second kappa shape index (κ2) is 4.48. The van der Waals surface area contributed by atoms with Crippen LogP contribution in [0.4, 0.5) is 0 Å². The number of nitrogens with one attached hydrogen (secondary N) is 1. The molecule has 102 valence electrons. The largest absolute Gasteiger partial charge is 0.338 e. The molecule has 3 rings (SSSR count). The van der Waals surface area contributed by atoms with Gasteiger partial charge in [0, 0.05) is 5.56 Å². The van der Waals surface area contributed by atoms with E-state index in [1.807, 2.05) is 0 Å². The van der Waals surface area contributed by atoms with Crippen LogP contribution in [0.1, 0.15) is 31.9 Å². The van der Waals surface area contributed by atoms with Crippen molar-refractivity contribution in [2.45, 2.75) is 33.1 Å². The Morgan fingerprint density at radius 1 is 0.950 bits per heavy atom. The molecule has 20 heavy (non-hydrogen) atoms. The van der Waals surface area contributed by atoms with Gasteiger partial charge in [0.2, 0.25) is 0 Å². The summed E-state index contributed by atoms with van der Waals surface area (Å²) in [6, 6.07) is 15.0. The molecule has 2 nitrogen and oxygen atoms in total. The molecule has 0 unspecified atom stereocenters. The summed E-state index contributed by atoms with van der Waals surface area (Å²) in [6.45, 7) is 8.77. The molecule has 0 fully saturated rings. The van der Waals surface area contributed by atoms with Crippen molar-refractivity contribution in [1.29, 1.82) is 0 Å². The van der Waals surface area contributed by atoms with Gasteiger partial charge in [-0.25, -0.2) is 4.98 Å². The molecule has 1 aromatic heterocycles. The van der Waals surface area contributed by atoms with E-state index in [2.05, 4.69) is 80.1 Å². The minimum Gasteiger partial charge on any atom is -0.338 e. The van der Waals surface area contributed by atoms with E-state index in [0.29, 0.717) is 0 Å². The summed E-state index contributed by atoms with van der Waals surface area (Å²) in [4.78, 5) is 8.07. The van der Waals surface area contributed by atoms with E-state index in [4.69, 9.17) is 0 Å². The van der Waals surface area contributed by atoms with Crippen molar-refractivity contribution < 1.29 is 0 Å². The van der Waals surface area contributed by atoms with Gasteiger partial charge in [0.1, 0.15) is 5.82 Å². The first-order valence-corrected chi connectivity index (χ1v) is 7.01. The molecular formula is C18H20N2. The van der Waals surface area contributed by atoms with E-state index >= 15 is 0 Å². The van der Waals surface area contributed by atoms with E-state index in [0.717, 1.165) is 22.4 Å². The zero-order chi connectivity index (χ0) is 14.3. The van der Waals surface area contributed by atoms with Crippen molar-refractivity contribution in [3.8, 4) is 11.4 Å². The highest BCUT2D eigenvalue weighted by molar-refractivity contribution is 5.80.